The maximum Gasteiger partial charge on any atom is 0.302 e. The number of rotatable bonds is 8. The molecule has 0 radical (unpaired) electrons. The zero-order valence-corrected chi connectivity index (χ0v) is 20.4. The molecule has 3 rings (SSSR count). The molecule has 2 aromatic rings. The number of carbonyl (C=O) groups is 3. The van der Waals surface area contributed by atoms with Crippen LogP contribution in [0.3, 0.4) is 0 Å². The van der Waals surface area contributed by atoms with Crippen molar-refractivity contribution in [1.29, 1.82) is 0 Å². The fourth-order valence-electron chi connectivity index (χ4n) is 3.95. The Morgan fingerprint density at radius 2 is 1.72 bits per heavy atom. The summed E-state index contributed by atoms with van der Waals surface area (Å²) in [6, 6.07) is 6.23. The topological polar surface area (TPSA) is 105 Å². The lowest BCUT2D eigenvalue weighted by Gasteiger charge is -2.35. The van der Waals surface area contributed by atoms with E-state index in [0.29, 0.717) is 37.2 Å². The van der Waals surface area contributed by atoms with Gasteiger partial charge in [0.2, 0.25) is 5.91 Å². The molecule has 36 heavy (non-hydrogen) atoms. The Bertz CT molecular complexity index is 1120. The summed E-state index contributed by atoms with van der Waals surface area (Å²) in [4.78, 5) is 38.6. The summed E-state index contributed by atoms with van der Waals surface area (Å²) in [5, 5.41) is 12.5. The van der Waals surface area contributed by atoms with E-state index in [2.05, 4.69) is 5.32 Å². The standard InChI is InChI=1S/C26H30F2N2O6/c1-15(2)24(29-25(33)21-6-4-19(28)13-22(21)32)26(34)30-10-8-20(9-11-30)36-23-7-5-18(27)12-17(23)14-35-16(3)31/h4-7,12-13,15,20,24,32H,8-11,14H2,1-3H3,(H,29,33)/t24-/m0/s1. The second kappa shape index (κ2) is 11.8. The smallest absolute Gasteiger partial charge is 0.302 e. The van der Waals surface area contributed by atoms with Crippen molar-refractivity contribution in [2.75, 3.05) is 13.1 Å². The lowest BCUT2D eigenvalue weighted by atomic mass is 9.99. The number of phenolic OH excluding ortho intramolecular Hbond substituents is 1. The Kier molecular flexibility index (Phi) is 8.84. The molecule has 0 aliphatic carbocycles. The number of halogens is 2. The normalized spacial score (nSPS) is 14.9. The van der Waals surface area contributed by atoms with Gasteiger partial charge in [-0.15, -0.1) is 0 Å². The second-order valence-electron chi connectivity index (χ2n) is 9.03. The molecule has 1 atom stereocenters. The van der Waals surface area contributed by atoms with Gasteiger partial charge in [0.1, 0.15) is 41.9 Å². The van der Waals surface area contributed by atoms with Crippen LogP contribution in [0.15, 0.2) is 36.4 Å². The van der Waals surface area contributed by atoms with E-state index in [-0.39, 0.29) is 30.1 Å². The van der Waals surface area contributed by atoms with Crippen LogP contribution < -0.4 is 10.1 Å². The van der Waals surface area contributed by atoms with E-state index in [1.54, 1.807) is 18.7 Å². The lowest BCUT2D eigenvalue weighted by molar-refractivity contribution is -0.142. The first-order valence-electron chi connectivity index (χ1n) is 11.7. The number of hydrogen-bond acceptors (Lipinski definition) is 6. The van der Waals surface area contributed by atoms with Crippen LogP contribution in [-0.2, 0) is 20.9 Å². The Hall–Kier alpha value is -3.69. The molecule has 0 saturated carbocycles. The van der Waals surface area contributed by atoms with Crippen molar-refractivity contribution in [1.82, 2.24) is 10.2 Å². The number of likely N-dealkylation sites (tertiary alicyclic amines) is 1. The number of benzene rings is 2. The predicted molar refractivity (Wildman–Crippen MR) is 126 cm³/mol. The molecule has 1 fully saturated rings. The maximum atomic E-state index is 13.7. The predicted octanol–water partition coefficient (Wildman–Crippen LogP) is 3.56. The summed E-state index contributed by atoms with van der Waals surface area (Å²) < 4.78 is 37.9. The minimum absolute atomic E-state index is 0.112. The van der Waals surface area contributed by atoms with E-state index in [9.17, 15) is 28.3 Å². The molecule has 2 N–H and O–H groups in total. The summed E-state index contributed by atoms with van der Waals surface area (Å²) >= 11 is 0. The van der Waals surface area contributed by atoms with Crippen molar-refractivity contribution in [2.24, 2.45) is 5.92 Å². The van der Waals surface area contributed by atoms with Crippen LogP contribution in [-0.4, -0.2) is 53.0 Å². The number of nitrogens with one attached hydrogen (secondary N) is 1. The molecule has 1 aliphatic heterocycles. The van der Waals surface area contributed by atoms with Crippen molar-refractivity contribution in [3.63, 3.8) is 0 Å². The van der Waals surface area contributed by atoms with Crippen LogP contribution in [0.5, 0.6) is 11.5 Å². The van der Waals surface area contributed by atoms with Gasteiger partial charge in [0.25, 0.3) is 5.91 Å². The molecular formula is C26H30F2N2O6. The highest BCUT2D eigenvalue weighted by atomic mass is 19.1. The highest BCUT2D eigenvalue weighted by Gasteiger charge is 2.32. The fourth-order valence-corrected chi connectivity index (χ4v) is 3.95. The molecule has 0 bridgehead atoms. The Labute approximate surface area is 208 Å². The first-order valence-corrected chi connectivity index (χ1v) is 11.7. The van der Waals surface area contributed by atoms with Crippen molar-refractivity contribution in [3.05, 3.63) is 59.2 Å². The number of nitrogens with zero attached hydrogens (tertiary/aromatic N) is 1. The molecule has 1 heterocycles. The molecule has 0 unspecified atom stereocenters. The molecule has 0 aromatic heterocycles. The third-order valence-electron chi connectivity index (χ3n) is 5.92. The molecule has 2 amide bonds. The summed E-state index contributed by atoms with van der Waals surface area (Å²) in [5.41, 5.74) is 0.293. The maximum absolute atomic E-state index is 13.7. The summed E-state index contributed by atoms with van der Waals surface area (Å²) in [6.07, 6.45) is 0.778. The molecule has 1 aliphatic rings. The number of esters is 1. The Morgan fingerprint density at radius 1 is 1.08 bits per heavy atom. The van der Waals surface area contributed by atoms with E-state index in [1.165, 1.54) is 25.1 Å². The molecular weight excluding hydrogens is 474 g/mol. The van der Waals surface area contributed by atoms with E-state index in [4.69, 9.17) is 9.47 Å². The minimum Gasteiger partial charge on any atom is -0.507 e. The number of piperidine rings is 1. The van der Waals surface area contributed by atoms with Gasteiger partial charge in [-0.3, -0.25) is 14.4 Å². The summed E-state index contributed by atoms with van der Waals surface area (Å²) in [5.74, 6) is -2.90. The number of hydrogen-bond donors (Lipinski definition) is 2. The highest BCUT2D eigenvalue weighted by molar-refractivity contribution is 5.99. The average molecular weight is 505 g/mol. The highest BCUT2D eigenvalue weighted by Crippen LogP contribution is 2.26. The summed E-state index contributed by atoms with van der Waals surface area (Å²) in [7, 11) is 0. The minimum atomic E-state index is -0.841. The monoisotopic (exact) mass is 504 g/mol. The molecule has 194 valence electrons. The van der Waals surface area contributed by atoms with Crippen LogP contribution in [0.25, 0.3) is 0 Å². The first-order chi connectivity index (χ1) is 17.0. The van der Waals surface area contributed by atoms with E-state index >= 15 is 0 Å². The number of ether oxygens (including phenoxy) is 2. The van der Waals surface area contributed by atoms with Crippen molar-refractivity contribution < 1.29 is 37.7 Å². The first kappa shape index (κ1) is 26.9. The van der Waals surface area contributed by atoms with Gasteiger partial charge < -0.3 is 24.8 Å². The van der Waals surface area contributed by atoms with Crippen LogP contribution in [0, 0.1) is 17.6 Å². The Morgan fingerprint density at radius 3 is 2.33 bits per heavy atom. The van der Waals surface area contributed by atoms with Crippen LogP contribution in [0.2, 0.25) is 0 Å². The number of aromatic hydroxyl groups is 1. The van der Waals surface area contributed by atoms with Gasteiger partial charge in [0, 0.05) is 44.5 Å². The van der Waals surface area contributed by atoms with Gasteiger partial charge in [-0.2, -0.15) is 0 Å². The van der Waals surface area contributed by atoms with E-state index < -0.39 is 35.3 Å². The fraction of sp³-hybridized carbons (Fsp3) is 0.423. The zero-order chi connectivity index (χ0) is 26.4. The second-order valence-corrected chi connectivity index (χ2v) is 9.03. The SMILES string of the molecule is CC(=O)OCc1cc(F)ccc1OC1CCN(C(=O)[C@@H](NC(=O)c2ccc(F)cc2O)C(C)C)CC1. The molecule has 10 heteroatoms. The van der Waals surface area contributed by atoms with E-state index in [0.717, 1.165) is 18.2 Å². The van der Waals surface area contributed by atoms with Gasteiger partial charge >= 0.3 is 5.97 Å². The number of phenols is 1. The third-order valence-corrected chi connectivity index (χ3v) is 5.92. The van der Waals surface area contributed by atoms with Gasteiger partial charge in [0.15, 0.2) is 0 Å². The summed E-state index contributed by atoms with van der Waals surface area (Å²) in [6.45, 7) is 5.50. The molecule has 1 saturated heterocycles. The lowest BCUT2D eigenvalue weighted by Crippen LogP contribution is -2.53. The van der Waals surface area contributed by atoms with Gasteiger partial charge in [-0.05, 0) is 36.2 Å². The molecule has 2 aromatic carbocycles. The number of amides is 2. The van der Waals surface area contributed by atoms with Gasteiger partial charge in [0.05, 0.1) is 5.56 Å². The third kappa shape index (κ3) is 6.93. The van der Waals surface area contributed by atoms with Gasteiger partial charge in [-0.1, -0.05) is 13.8 Å². The van der Waals surface area contributed by atoms with Crippen molar-refractivity contribution >= 4 is 17.8 Å². The Balaban J connectivity index is 1.61. The van der Waals surface area contributed by atoms with Gasteiger partial charge in [-0.25, -0.2) is 8.78 Å². The largest absolute Gasteiger partial charge is 0.507 e. The van der Waals surface area contributed by atoms with Crippen LogP contribution >= 0.6 is 0 Å². The quantitative estimate of drug-likeness (QED) is 0.533. The average Bonchev–Trinajstić information content (AvgIpc) is 2.82. The number of carbonyl (C=O) groups excluding carboxylic acids is 3. The van der Waals surface area contributed by atoms with Crippen LogP contribution in [0.4, 0.5) is 8.78 Å². The van der Waals surface area contributed by atoms with Crippen molar-refractivity contribution in [3.8, 4) is 11.5 Å². The van der Waals surface area contributed by atoms with E-state index in [1.807, 2.05) is 0 Å². The van der Waals surface area contributed by atoms with Crippen LogP contribution in [0.1, 0.15) is 49.5 Å². The zero-order valence-electron chi connectivity index (χ0n) is 20.4. The van der Waals surface area contributed by atoms with Crippen molar-refractivity contribution in [2.45, 2.75) is 52.4 Å². The molecule has 8 nitrogen and oxygen atoms in total. The molecule has 0 spiro atoms.